The van der Waals surface area contributed by atoms with E-state index in [4.69, 9.17) is 14.2 Å². The minimum atomic E-state index is -0.405. The molecular weight excluding hydrogens is 212 g/mol. The fraction of sp³-hybridized carbons (Fsp3) is 0.455. The summed E-state index contributed by atoms with van der Waals surface area (Å²) in [5, 5.41) is 0. The van der Waals surface area contributed by atoms with E-state index < -0.39 is 6.10 Å². The largest absolute Gasteiger partial charge is 0.477 e. The van der Waals surface area contributed by atoms with Gasteiger partial charge in [0.05, 0.1) is 5.92 Å². The highest BCUT2D eigenvalue weighted by molar-refractivity contribution is 5.84. The lowest BCUT2D eigenvalue weighted by atomic mass is 10.0. The van der Waals surface area contributed by atoms with Crippen LogP contribution in [-0.4, -0.2) is 18.0 Å². The molecule has 1 fully saturated rings. The predicted molar refractivity (Wildman–Crippen MR) is 50.5 cm³/mol. The molecule has 16 heavy (non-hydrogen) atoms. The monoisotopic (exact) mass is 222 g/mol. The van der Waals surface area contributed by atoms with Crippen LogP contribution in [-0.2, 0) is 23.8 Å². The molecule has 3 aliphatic heterocycles. The lowest BCUT2D eigenvalue weighted by Gasteiger charge is -2.07. The first kappa shape index (κ1) is 9.45. The van der Waals surface area contributed by atoms with Gasteiger partial charge in [0.15, 0.2) is 17.6 Å². The Kier molecular flexibility index (Phi) is 1.70. The maximum absolute atomic E-state index is 11.5. The minimum absolute atomic E-state index is 0.235. The quantitative estimate of drug-likeness (QED) is 0.648. The van der Waals surface area contributed by atoms with Crippen molar-refractivity contribution in [2.45, 2.75) is 20.0 Å². The van der Waals surface area contributed by atoms with E-state index in [1.807, 2.05) is 0 Å². The van der Waals surface area contributed by atoms with Crippen molar-refractivity contribution in [3.05, 3.63) is 23.4 Å². The van der Waals surface area contributed by atoms with Gasteiger partial charge in [-0.05, 0) is 6.08 Å². The molecule has 0 aromatic heterocycles. The number of ether oxygens (including phenoxy) is 3. The molecule has 0 aromatic rings. The second-order valence-corrected chi connectivity index (χ2v) is 4.29. The Hall–Kier alpha value is -1.78. The molecule has 2 atom stereocenters. The third-order valence-electron chi connectivity index (χ3n) is 2.77. The number of fused-ring (bicyclic) bond motifs is 1. The molecule has 0 aliphatic carbocycles. The highest BCUT2D eigenvalue weighted by atomic mass is 16.6. The molecule has 3 rings (SSSR count). The Balaban J connectivity index is 1.90. The molecule has 3 aliphatic rings. The molecule has 84 valence electrons. The van der Waals surface area contributed by atoms with Crippen molar-refractivity contribution in [3.63, 3.8) is 0 Å². The normalized spacial score (nSPS) is 29.4. The van der Waals surface area contributed by atoms with Crippen molar-refractivity contribution < 1.29 is 23.8 Å². The molecule has 0 saturated carbocycles. The van der Waals surface area contributed by atoms with Gasteiger partial charge in [0.25, 0.3) is 0 Å². The highest BCUT2D eigenvalue weighted by Crippen LogP contribution is 2.47. The van der Waals surface area contributed by atoms with Gasteiger partial charge in [-0.15, -0.1) is 0 Å². The van der Waals surface area contributed by atoms with Gasteiger partial charge in [0.2, 0.25) is 5.76 Å². The summed E-state index contributed by atoms with van der Waals surface area (Å²) in [5.74, 6) is -0.228. The van der Waals surface area contributed by atoms with Gasteiger partial charge in [0.1, 0.15) is 5.92 Å². The van der Waals surface area contributed by atoms with E-state index in [1.165, 1.54) is 0 Å². The first-order valence-electron chi connectivity index (χ1n) is 5.14. The Bertz CT molecular complexity index is 457. The van der Waals surface area contributed by atoms with E-state index in [0.29, 0.717) is 11.5 Å². The third-order valence-corrected chi connectivity index (χ3v) is 2.77. The first-order chi connectivity index (χ1) is 7.58. The van der Waals surface area contributed by atoms with Crippen molar-refractivity contribution in [2.75, 3.05) is 0 Å². The summed E-state index contributed by atoms with van der Waals surface area (Å²) < 4.78 is 15.6. The van der Waals surface area contributed by atoms with Crippen LogP contribution in [0, 0.1) is 11.8 Å². The summed E-state index contributed by atoms with van der Waals surface area (Å²) in [6.45, 7) is 3.47. The van der Waals surface area contributed by atoms with Crippen LogP contribution in [0.15, 0.2) is 23.4 Å². The van der Waals surface area contributed by atoms with E-state index in [1.54, 1.807) is 19.9 Å². The maximum Gasteiger partial charge on any atom is 0.322 e. The second-order valence-electron chi connectivity index (χ2n) is 4.29. The Morgan fingerprint density at radius 1 is 1.50 bits per heavy atom. The molecule has 5 nitrogen and oxygen atoms in total. The average Bonchev–Trinajstić information content (AvgIpc) is 2.81. The summed E-state index contributed by atoms with van der Waals surface area (Å²) in [7, 11) is 0. The minimum Gasteiger partial charge on any atom is -0.477 e. The van der Waals surface area contributed by atoms with Gasteiger partial charge < -0.3 is 14.2 Å². The van der Waals surface area contributed by atoms with Gasteiger partial charge in [0, 0.05) is 0 Å². The maximum atomic E-state index is 11.5. The zero-order valence-electron chi connectivity index (χ0n) is 8.85. The van der Waals surface area contributed by atoms with Crippen LogP contribution >= 0.6 is 0 Å². The molecule has 5 heteroatoms. The average molecular weight is 222 g/mol. The predicted octanol–water partition coefficient (Wildman–Crippen LogP) is 0.866. The van der Waals surface area contributed by atoms with Crippen LogP contribution < -0.4 is 0 Å². The fourth-order valence-corrected chi connectivity index (χ4v) is 1.89. The van der Waals surface area contributed by atoms with E-state index >= 15 is 0 Å². The fourth-order valence-electron chi connectivity index (χ4n) is 1.89. The van der Waals surface area contributed by atoms with Crippen LogP contribution in [0.3, 0.4) is 0 Å². The van der Waals surface area contributed by atoms with Crippen LogP contribution in [0.2, 0.25) is 0 Å². The topological polar surface area (TPSA) is 61.8 Å². The van der Waals surface area contributed by atoms with Crippen molar-refractivity contribution in [1.82, 2.24) is 0 Å². The summed E-state index contributed by atoms with van der Waals surface area (Å²) >= 11 is 0. The van der Waals surface area contributed by atoms with Crippen molar-refractivity contribution in [1.29, 1.82) is 0 Å². The van der Waals surface area contributed by atoms with Gasteiger partial charge in [-0.1, -0.05) is 13.8 Å². The molecule has 2 bridgehead atoms. The van der Waals surface area contributed by atoms with Crippen LogP contribution in [0.25, 0.3) is 0 Å². The Labute approximate surface area is 91.7 Å². The van der Waals surface area contributed by atoms with Crippen LogP contribution in [0.1, 0.15) is 13.8 Å². The standard InChI is InChI=1S/C11H10O5/c1-4(2)10(12)15-8-6-3-5-7(14-6)9(8)16-11(5)13/h3-5,7H,1-2H3/t5-,7?/m0/s1. The Morgan fingerprint density at radius 2 is 2.25 bits per heavy atom. The molecule has 0 amide bonds. The highest BCUT2D eigenvalue weighted by Gasteiger charge is 2.55. The summed E-state index contributed by atoms with van der Waals surface area (Å²) in [6.07, 6.45) is 1.24. The third kappa shape index (κ3) is 1.05. The molecule has 1 saturated heterocycles. The van der Waals surface area contributed by atoms with Crippen molar-refractivity contribution >= 4 is 11.9 Å². The van der Waals surface area contributed by atoms with E-state index in [9.17, 15) is 9.59 Å². The lowest BCUT2D eigenvalue weighted by molar-refractivity contribution is -0.144. The molecule has 0 aromatic carbocycles. The van der Waals surface area contributed by atoms with Gasteiger partial charge in [-0.3, -0.25) is 9.59 Å². The number of rotatable bonds is 2. The molecule has 0 radical (unpaired) electrons. The molecule has 0 N–H and O–H groups in total. The van der Waals surface area contributed by atoms with Gasteiger partial charge in [-0.2, -0.15) is 0 Å². The van der Waals surface area contributed by atoms with Gasteiger partial charge in [-0.25, -0.2) is 0 Å². The molecule has 1 unspecified atom stereocenters. The summed E-state index contributed by atoms with van der Waals surface area (Å²) in [6, 6.07) is 0. The number of carbonyl (C=O) groups excluding carboxylic acids is 2. The molecule has 0 spiro atoms. The van der Waals surface area contributed by atoms with E-state index in [0.717, 1.165) is 0 Å². The zero-order chi connectivity index (χ0) is 11.4. The Morgan fingerprint density at radius 3 is 2.94 bits per heavy atom. The van der Waals surface area contributed by atoms with Crippen molar-refractivity contribution in [3.8, 4) is 0 Å². The smallest absolute Gasteiger partial charge is 0.322 e. The first-order valence-corrected chi connectivity index (χ1v) is 5.14. The van der Waals surface area contributed by atoms with Crippen molar-refractivity contribution in [2.24, 2.45) is 11.8 Å². The van der Waals surface area contributed by atoms with E-state index in [2.05, 4.69) is 0 Å². The van der Waals surface area contributed by atoms with E-state index in [-0.39, 0.29) is 29.5 Å². The van der Waals surface area contributed by atoms with Crippen LogP contribution in [0.5, 0.6) is 0 Å². The lowest BCUT2D eigenvalue weighted by Crippen LogP contribution is -2.15. The zero-order valence-corrected chi connectivity index (χ0v) is 8.85. The summed E-state index contributed by atoms with van der Waals surface area (Å²) in [5.41, 5.74) is 0. The second kappa shape index (κ2) is 2.87. The summed E-state index contributed by atoms with van der Waals surface area (Å²) in [4.78, 5) is 22.8. The molecule has 3 heterocycles. The SMILES string of the molecule is CC(C)C(=O)OC1=C2OC(=O)[C@H]3C=C1OC23. The van der Waals surface area contributed by atoms with Gasteiger partial charge >= 0.3 is 11.9 Å². The van der Waals surface area contributed by atoms with Crippen LogP contribution in [0.4, 0.5) is 0 Å². The number of hydrogen-bond acceptors (Lipinski definition) is 5. The molecular formula is C11H10O5. The number of hydrogen-bond donors (Lipinski definition) is 0. The number of esters is 2. The number of carbonyl (C=O) groups is 2.